The Bertz CT molecular complexity index is 701. The molecule has 0 radical (unpaired) electrons. The van der Waals surface area contributed by atoms with Gasteiger partial charge >= 0.3 is 0 Å². The van der Waals surface area contributed by atoms with Crippen LogP contribution >= 0.6 is 11.3 Å². The Balaban J connectivity index is 1.73. The number of thiazole rings is 1. The van der Waals surface area contributed by atoms with E-state index in [-0.39, 0.29) is 17.9 Å². The van der Waals surface area contributed by atoms with Crippen molar-refractivity contribution in [3.63, 3.8) is 0 Å². The molecule has 1 unspecified atom stereocenters. The molecular weight excluding hydrogens is 312 g/mol. The summed E-state index contributed by atoms with van der Waals surface area (Å²) in [5, 5.41) is 3.43. The van der Waals surface area contributed by atoms with Crippen LogP contribution in [0.5, 0.6) is 0 Å². The maximum atomic E-state index is 12.6. The van der Waals surface area contributed by atoms with Crippen LogP contribution in [0.1, 0.15) is 39.1 Å². The lowest BCUT2D eigenvalue weighted by molar-refractivity contribution is -0.131. The second-order valence-corrected chi connectivity index (χ2v) is 6.49. The predicted molar refractivity (Wildman–Crippen MR) is 87.1 cm³/mol. The number of hydrogen-bond donors (Lipinski definition) is 1. The van der Waals surface area contributed by atoms with Gasteiger partial charge in [-0.25, -0.2) is 4.98 Å². The third kappa shape index (κ3) is 3.39. The number of nitrogens with zero attached hydrogens (tertiary/aromatic N) is 3. The van der Waals surface area contributed by atoms with Crippen molar-refractivity contribution in [2.45, 2.75) is 25.3 Å². The number of aromatic nitrogens is 2. The molecule has 6 nitrogen and oxygen atoms in total. The quantitative estimate of drug-likeness (QED) is 0.927. The molecule has 1 atom stereocenters. The molecule has 1 aliphatic heterocycles. The van der Waals surface area contributed by atoms with Crippen molar-refractivity contribution in [1.82, 2.24) is 20.2 Å². The number of hydrogen-bond acceptors (Lipinski definition) is 5. The zero-order valence-electron chi connectivity index (χ0n) is 12.9. The molecule has 0 bridgehead atoms. The Morgan fingerprint density at radius 1 is 1.43 bits per heavy atom. The normalized spacial score (nSPS) is 17.3. The van der Waals surface area contributed by atoms with E-state index in [9.17, 15) is 9.59 Å². The van der Waals surface area contributed by atoms with E-state index < -0.39 is 0 Å². The van der Waals surface area contributed by atoms with Gasteiger partial charge in [-0.05, 0) is 24.5 Å². The molecule has 2 amide bonds. The van der Waals surface area contributed by atoms with Crippen molar-refractivity contribution in [1.29, 1.82) is 0 Å². The van der Waals surface area contributed by atoms with E-state index in [2.05, 4.69) is 15.3 Å². The van der Waals surface area contributed by atoms with Crippen LogP contribution in [0.25, 0.3) is 0 Å². The minimum Gasteiger partial charge on any atom is -0.354 e. The predicted octanol–water partition coefficient (Wildman–Crippen LogP) is 1.80. The summed E-state index contributed by atoms with van der Waals surface area (Å²) in [6.07, 6.45) is 7.19. The summed E-state index contributed by atoms with van der Waals surface area (Å²) in [7, 11) is 1.60. The smallest absolute Gasteiger partial charge is 0.262 e. The Morgan fingerprint density at radius 3 is 3.04 bits per heavy atom. The zero-order chi connectivity index (χ0) is 16.2. The van der Waals surface area contributed by atoms with Gasteiger partial charge in [0.05, 0.1) is 18.7 Å². The van der Waals surface area contributed by atoms with Crippen LogP contribution < -0.4 is 5.32 Å². The number of likely N-dealkylation sites (tertiary alicyclic amines) is 1. The maximum Gasteiger partial charge on any atom is 0.262 e. The van der Waals surface area contributed by atoms with Gasteiger partial charge < -0.3 is 10.2 Å². The van der Waals surface area contributed by atoms with Crippen LogP contribution in [-0.2, 0) is 11.2 Å². The molecule has 3 heterocycles. The fourth-order valence-electron chi connectivity index (χ4n) is 2.77. The summed E-state index contributed by atoms with van der Waals surface area (Å²) in [5.41, 5.74) is 0.910. The molecule has 1 saturated heterocycles. The highest BCUT2D eigenvalue weighted by atomic mass is 32.1. The van der Waals surface area contributed by atoms with Crippen molar-refractivity contribution in [3.05, 3.63) is 46.2 Å². The first-order chi connectivity index (χ1) is 11.2. The SMILES string of the molecule is CNC(=O)c1cnc(C2CCCN2C(=O)Cc2cccnc2)s1. The van der Waals surface area contributed by atoms with Crippen molar-refractivity contribution < 1.29 is 9.59 Å². The largest absolute Gasteiger partial charge is 0.354 e. The molecule has 1 fully saturated rings. The minimum absolute atomic E-state index is 0.0254. The van der Waals surface area contributed by atoms with Crippen LogP contribution in [-0.4, -0.2) is 40.3 Å². The van der Waals surface area contributed by atoms with Gasteiger partial charge in [-0.15, -0.1) is 11.3 Å². The highest BCUT2D eigenvalue weighted by Crippen LogP contribution is 2.34. The first kappa shape index (κ1) is 15.6. The molecule has 1 aliphatic rings. The number of carbonyl (C=O) groups is 2. The lowest BCUT2D eigenvalue weighted by atomic mass is 10.2. The van der Waals surface area contributed by atoms with Gasteiger partial charge in [0.25, 0.3) is 5.91 Å². The standard InChI is InChI=1S/C16H18N4O2S/c1-17-15(22)13-10-19-16(23-13)12-5-3-7-20(12)14(21)8-11-4-2-6-18-9-11/h2,4,6,9-10,12H,3,5,7-8H2,1H3,(H,17,22). The number of carbonyl (C=O) groups excluding carboxylic acids is 2. The molecule has 0 saturated carbocycles. The second kappa shape index (κ2) is 6.87. The van der Waals surface area contributed by atoms with E-state index in [1.54, 1.807) is 25.6 Å². The van der Waals surface area contributed by atoms with Gasteiger partial charge in [-0.2, -0.15) is 0 Å². The van der Waals surface area contributed by atoms with Crippen LogP contribution in [0.3, 0.4) is 0 Å². The van der Waals surface area contributed by atoms with Gasteiger partial charge in [0.1, 0.15) is 9.88 Å². The molecule has 0 aliphatic carbocycles. The molecule has 23 heavy (non-hydrogen) atoms. The number of pyridine rings is 1. The molecule has 120 valence electrons. The first-order valence-corrected chi connectivity index (χ1v) is 8.37. The lowest BCUT2D eigenvalue weighted by Gasteiger charge is -2.23. The van der Waals surface area contributed by atoms with Gasteiger partial charge in [-0.1, -0.05) is 6.07 Å². The molecule has 7 heteroatoms. The molecular formula is C16H18N4O2S. The van der Waals surface area contributed by atoms with Gasteiger partial charge in [-0.3, -0.25) is 14.6 Å². The highest BCUT2D eigenvalue weighted by Gasteiger charge is 2.32. The third-order valence-electron chi connectivity index (χ3n) is 3.91. The summed E-state index contributed by atoms with van der Waals surface area (Å²) in [5.74, 6) is -0.0582. The maximum absolute atomic E-state index is 12.6. The molecule has 1 N–H and O–H groups in total. The molecule has 2 aromatic rings. The van der Waals surface area contributed by atoms with E-state index in [0.29, 0.717) is 11.3 Å². The average Bonchev–Trinajstić information content (AvgIpc) is 3.23. The number of rotatable bonds is 4. The lowest BCUT2D eigenvalue weighted by Crippen LogP contribution is -2.31. The second-order valence-electron chi connectivity index (χ2n) is 5.43. The fourth-order valence-corrected chi connectivity index (χ4v) is 3.78. The van der Waals surface area contributed by atoms with E-state index in [1.807, 2.05) is 17.0 Å². The summed E-state index contributed by atoms with van der Waals surface area (Å²) < 4.78 is 0. The fraction of sp³-hybridized carbons (Fsp3) is 0.375. The number of amides is 2. The van der Waals surface area contributed by atoms with E-state index in [0.717, 1.165) is 30.0 Å². The van der Waals surface area contributed by atoms with Crippen molar-refractivity contribution in [2.75, 3.05) is 13.6 Å². The van der Waals surface area contributed by atoms with Crippen LogP contribution in [0.15, 0.2) is 30.7 Å². The average molecular weight is 330 g/mol. The molecule has 3 rings (SSSR count). The minimum atomic E-state index is -0.139. The molecule has 0 aromatic carbocycles. The van der Waals surface area contributed by atoms with Crippen molar-refractivity contribution in [3.8, 4) is 0 Å². The van der Waals surface area contributed by atoms with Crippen LogP contribution in [0.4, 0.5) is 0 Å². The highest BCUT2D eigenvalue weighted by molar-refractivity contribution is 7.13. The Kier molecular flexibility index (Phi) is 4.66. The Labute approximate surface area is 138 Å². The number of nitrogens with one attached hydrogen (secondary N) is 1. The first-order valence-electron chi connectivity index (χ1n) is 7.55. The van der Waals surface area contributed by atoms with E-state index in [1.165, 1.54) is 11.3 Å². The monoisotopic (exact) mass is 330 g/mol. The summed E-state index contributed by atoms with van der Waals surface area (Å²) in [4.78, 5) is 35.1. The summed E-state index contributed by atoms with van der Waals surface area (Å²) in [6, 6.07) is 3.71. The van der Waals surface area contributed by atoms with Gasteiger partial charge in [0.2, 0.25) is 5.91 Å². The van der Waals surface area contributed by atoms with Crippen LogP contribution in [0, 0.1) is 0 Å². The molecule has 2 aromatic heterocycles. The van der Waals surface area contributed by atoms with Crippen molar-refractivity contribution in [2.24, 2.45) is 0 Å². The van der Waals surface area contributed by atoms with E-state index in [4.69, 9.17) is 0 Å². The van der Waals surface area contributed by atoms with Crippen molar-refractivity contribution >= 4 is 23.2 Å². The van der Waals surface area contributed by atoms with Gasteiger partial charge in [0.15, 0.2) is 0 Å². The third-order valence-corrected chi connectivity index (χ3v) is 5.01. The van der Waals surface area contributed by atoms with Gasteiger partial charge in [0, 0.05) is 26.0 Å². The Hall–Kier alpha value is -2.28. The zero-order valence-corrected chi connectivity index (χ0v) is 13.7. The Morgan fingerprint density at radius 2 is 2.30 bits per heavy atom. The summed E-state index contributed by atoms with van der Waals surface area (Å²) >= 11 is 1.36. The van der Waals surface area contributed by atoms with E-state index >= 15 is 0 Å². The van der Waals surface area contributed by atoms with Crippen LogP contribution in [0.2, 0.25) is 0 Å². The molecule has 0 spiro atoms. The topological polar surface area (TPSA) is 75.2 Å². The summed E-state index contributed by atoms with van der Waals surface area (Å²) in [6.45, 7) is 0.735.